The molecule has 1 aromatic carbocycles. The van der Waals surface area contributed by atoms with Gasteiger partial charge in [-0.1, -0.05) is 29.8 Å². The van der Waals surface area contributed by atoms with Gasteiger partial charge in [-0.2, -0.15) is 0 Å². The largest absolute Gasteiger partial charge is 0.481 e. The van der Waals surface area contributed by atoms with Crippen LogP contribution in [0.4, 0.5) is 0 Å². The molecule has 0 saturated carbocycles. The van der Waals surface area contributed by atoms with Gasteiger partial charge in [0.15, 0.2) is 0 Å². The van der Waals surface area contributed by atoms with E-state index in [4.69, 9.17) is 7.85 Å². The van der Waals surface area contributed by atoms with E-state index in [-0.39, 0.29) is 24.1 Å². The maximum atomic E-state index is 10.4. The summed E-state index contributed by atoms with van der Waals surface area (Å²) in [5, 5.41) is 8.52. The average Bonchev–Trinajstić information content (AvgIpc) is 1.96. The van der Waals surface area contributed by atoms with Crippen molar-refractivity contribution in [3.63, 3.8) is 0 Å². The molecule has 0 fully saturated rings. The summed E-state index contributed by atoms with van der Waals surface area (Å²) < 4.78 is 14.9. The van der Waals surface area contributed by atoms with Gasteiger partial charge in [0.25, 0.3) is 0 Å². The number of aryl methyl sites for hydroxylation is 1. The Balaban J connectivity index is 3.13. The summed E-state index contributed by atoms with van der Waals surface area (Å²) in [6.45, 7) is 1.78. The van der Waals surface area contributed by atoms with Crippen molar-refractivity contribution in [2.75, 3.05) is 0 Å². The molecule has 0 heterocycles. The summed E-state index contributed by atoms with van der Waals surface area (Å²) in [4.78, 5) is 10.4. The number of carboxylic acids is 1. The van der Waals surface area contributed by atoms with E-state index < -0.39 is 5.97 Å². The maximum Gasteiger partial charge on any atom is 0.307 e. The van der Waals surface area contributed by atoms with Crippen LogP contribution in [-0.4, -0.2) is 11.1 Å². The quantitative estimate of drug-likeness (QED) is 0.699. The summed E-state index contributed by atoms with van der Waals surface area (Å²) in [7, 11) is 0. The summed E-state index contributed by atoms with van der Waals surface area (Å²) in [5.41, 5.74) is 1.09. The van der Waals surface area contributed by atoms with Gasteiger partial charge < -0.3 is 5.11 Å². The van der Waals surface area contributed by atoms with Crippen molar-refractivity contribution >= 4 is 5.97 Å². The number of benzene rings is 1. The number of hydrogen-bond acceptors (Lipinski definition) is 1. The van der Waals surface area contributed by atoms with E-state index in [0.29, 0.717) is 0 Å². The molecule has 1 rings (SSSR count). The predicted molar refractivity (Wildman–Crippen MR) is 42.5 cm³/mol. The Labute approximate surface area is 68.3 Å². The Hall–Kier alpha value is -1.31. The highest BCUT2D eigenvalue weighted by molar-refractivity contribution is 5.70. The highest BCUT2D eigenvalue weighted by Gasteiger charge is 1.97. The standard InChI is InChI=1S/C9H10O2/c1-7-2-4-8(5-3-7)6-9(10)11/h2-5H,6H2,1H3,(H,10,11)/i4D,5D. The first-order valence-electron chi connectivity index (χ1n) is 4.29. The second-order valence-electron chi connectivity index (χ2n) is 2.37. The monoisotopic (exact) mass is 152 g/mol. The van der Waals surface area contributed by atoms with Crippen LogP contribution in [-0.2, 0) is 11.2 Å². The molecule has 1 aromatic rings. The van der Waals surface area contributed by atoms with Gasteiger partial charge in [0.05, 0.1) is 9.16 Å². The Morgan fingerprint density at radius 1 is 1.64 bits per heavy atom. The van der Waals surface area contributed by atoms with Crippen LogP contribution in [0.3, 0.4) is 0 Å². The van der Waals surface area contributed by atoms with Gasteiger partial charge in [0.1, 0.15) is 0 Å². The Bertz CT molecular complexity index is 324. The minimum atomic E-state index is -1.01. The predicted octanol–water partition coefficient (Wildman–Crippen LogP) is 1.62. The number of carbonyl (C=O) groups is 1. The van der Waals surface area contributed by atoms with Gasteiger partial charge in [0.2, 0.25) is 0 Å². The summed E-state index contributed by atoms with van der Waals surface area (Å²) in [6, 6.07) is 3.40. The maximum absolute atomic E-state index is 10.4. The summed E-state index contributed by atoms with van der Waals surface area (Å²) >= 11 is 0. The van der Waals surface area contributed by atoms with Crippen molar-refractivity contribution < 1.29 is 12.6 Å². The zero-order chi connectivity index (χ0) is 10.0. The molecule has 0 saturated heterocycles. The summed E-state index contributed by atoms with van der Waals surface area (Å²) in [5.74, 6) is -1.01. The van der Waals surface area contributed by atoms with Crippen LogP contribution in [0.25, 0.3) is 0 Å². The fourth-order valence-corrected chi connectivity index (χ4v) is 0.739. The van der Waals surface area contributed by atoms with Crippen molar-refractivity contribution in [3.05, 3.63) is 35.3 Å². The lowest BCUT2D eigenvalue weighted by molar-refractivity contribution is -0.136. The number of aliphatic carboxylic acids is 1. The van der Waals surface area contributed by atoms with Crippen LogP contribution < -0.4 is 0 Å². The molecule has 1 N–H and O–H groups in total. The highest BCUT2D eigenvalue weighted by Crippen LogP contribution is 2.03. The molecule has 0 aromatic heterocycles. The molecule has 2 nitrogen and oxygen atoms in total. The second-order valence-corrected chi connectivity index (χ2v) is 2.37. The normalized spacial score (nSPS) is 12.1. The van der Waals surface area contributed by atoms with Gasteiger partial charge in [-0.25, -0.2) is 0 Å². The summed E-state index contributed by atoms with van der Waals surface area (Å²) in [6.07, 6.45) is -0.252. The Morgan fingerprint density at radius 3 is 2.64 bits per heavy atom. The zero-order valence-corrected chi connectivity index (χ0v) is 6.22. The average molecular weight is 152 g/mol. The minimum absolute atomic E-state index is 0.132. The van der Waals surface area contributed by atoms with E-state index in [2.05, 4.69) is 0 Å². The van der Waals surface area contributed by atoms with Crippen LogP contribution in [0.2, 0.25) is 0 Å². The molecule has 0 aliphatic rings. The molecule has 0 bridgehead atoms. The van der Waals surface area contributed by atoms with Crippen LogP contribution in [0.5, 0.6) is 0 Å². The SMILES string of the molecule is [2H]c1cc(C)cc([2H])c1CC(=O)O. The van der Waals surface area contributed by atoms with Gasteiger partial charge in [-0.05, 0) is 12.5 Å². The Morgan fingerprint density at radius 2 is 2.18 bits per heavy atom. The lowest BCUT2D eigenvalue weighted by Gasteiger charge is -1.96. The number of carboxylic acid groups (broad SMARTS) is 1. The van der Waals surface area contributed by atoms with Gasteiger partial charge in [-0.3, -0.25) is 4.79 Å². The van der Waals surface area contributed by atoms with Crippen molar-refractivity contribution in [1.29, 1.82) is 0 Å². The number of rotatable bonds is 2. The van der Waals surface area contributed by atoms with Crippen LogP contribution in [0, 0.1) is 6.92 Å². The molecule has 2 heteroatoms. The van der Waals surface area contributed by atoms with Crippen LogP contribution in [0.15, 0.2) is 24.2 Å². The van der Waals surface area contributed by atoms with E-state index in [1.165, 1.54) is 0 Å². The van der Waals surface area contributed by atoms with Gasteiger partial charge in [-0.15, -0.1) is 0 Å². The van der Waals surface area contributed by atoms with E-state index >= 15 is 0 Å². The first-order valence-corrected chi connectivity index (χ1v) is 3.29. The molecule has 0 atom stereocenters. The van der Waals surface area contributed by atoms with Crippen LogP contribution >= 0.6 is 0 Å². The lowest BCUT2D eigenvalue weighted by Crippen LogP contribution is -1.99. The molecular formula is C9H10O2. The van der Waals surface area contributed by atoms with Crippen molar-refractivity contribution in [1.82, 2.24) is 0 Å². The van der Waals surface area contributed by atoms with Crippen LogP contribution in [0.1, 0.15) is 13.9 Å². The van der Waals surface area contributed by atoms with E-state index in [1.807, 2.05) is 0 Å². The van der Waals surface area contributed by atoms with Crippen molar-refractivity contribution in [2.45, 2.75) is 13.3 Å². The second kappa shape index (κ2) is 3.19. The fourth-order valence-electron chi connectivity index (χ4n) is 0.739. The van der Waals surface area contributed by atoms with Crippen molar-refractivity contribution in [2.24, 2.45) is 0 Å². The molecule has 58 valence electrons. The molecule has 0 aliphatic carbocycles. The number of hydrogen-bond donors (Lipinski definition) is 1. The van der Waals surface area contributed by atoms with Crippen molar-refractivity contribution in [3.8, 4) is 0 Å². The first kappa shape index (κ1) is 5.35. The molecular weight excluding hydrogens is 140 g/mol. The molecule has 0 radical (unpaired) electrons. The first-order chi connectivity index (χ1) is 6.00. The van der Waals surface area contributed by atoms with E-state index in [0.717, 1.165) is 5.56 Å². The topological polar surface area (TPSA) is 37.3 Å². The lowest BCUT2D eigenvalue weighted by atomic mass is 10.1. The molecule has 0 unspecified atom stereocenters. The molecule has 0 spiro atoms. The molecule has 11 heavy (non-hydrogen) atoms. The minimum Gasteiger partial charge on any atom is -0.481 e. The van der Waals surface area contributed by atoms with Gasteiger partial charge >= 0.3 is 5.97 Å². The third-order valence-electron chi connectivity index (χ3n) is 1.28. The fraction of sp³-hybridized carbons (Fsp3) is 0.222. The molecule has 0 aliphatic heterocycles. The Kier molecular flexibility index (Phi) is 1.55. The third kappa shape index (κ3) is 2.42. The molecule has 0 amide bonds. The third-order valence-corrected chi connectivity index (χ3v) is 1.28. The smallest absolute Gasteiger partial charge is 0.307 e. The zero-order valence-electron chi connectivity index (χ0n) is 8.22. The van der Waals surface area contributed by atoms with E-state index in [1.54, 1.807) is 19.1 Å². The van der Waals surface area contributed by atoms with Gasteiger partial charge in [0, 0.05) is 0 Å². The van der Waals surface area contributed by atoms with E-state index in [9.17, 15) is 4.79 Å². The highest BCUT2D eigenvalue weighted by atomic mass is 16.4.